The molecule has 0 atom stereocenters. The summed E-state index contributed by atoms with van der Waals surface area (Å²) in [6.07, 6.45) is 2.51. The number of alkyl carbamates (subject to hydrolysis) is 1. The molecule has 0 aliphatic carbocycles. The minimum atomic E-state index is -0.662. The van der Waals surface area contributed by atoms with Gasteiger partial charge in [0.05, 0.1) is 7.11 Å². The molecule has 0 saturated heterocycles. The van der Waals surface area contributed by atoms with E-state index in [0.29, 0.717) is 6.42 Å². The Morgan fingerprint density at radius 2 is 1.88 bits per heavy atom. The minimum absolute atomic E-state index is 0.114. The fourth-order valence-corrected chi connectivity index (χ4v) is 0.998. The second-order valence-corrected chi connectivity index (χ2v) is 4.52. The molecule has 1 amide bonds. The number of amides is 1. The molecule has 0 saturated carbocycles. The van der Waals surface area contributed by atoms with E-state index >= 15 is 0 Å². The van der Waals surface area contributed by atoms with Gasteiger partial charge in [-0.05, 0) is 27.2 Å². The topological polar surface area (TPSA) is 64.6 Å². The van der Waals surface area contributed by atoms with Gasteiger partial charge in [0, 0.05) is 0 Å². The lowest BCUT2D eigenvalue weighted by atomic mass is 10.2. The SMILES string of the molecule is CCC/C=C(/NC(=O)OC(C)(C)C)C(=O)OC. The van der Waals surface area contributed by atoms with Crippen molar-refractivity contribution in [2.24, 2.45) is 0 Å². The Balaban J connectivity index is 4.54. The molecule has 0 radical (unpaired) electrons. The molecule has 0 unspecified atom stereocenters. The summed E-state index contributed by atoms with van der Waals surface area (Å²) < 4.78 is 9.61. The average molecular weight is 243 g/mol. The van der Waals surface area contributed by atoms with Crippen LogP contribution in [-0.4, -0.2) is 24.8 Å². The van der Waals surface area contributed by atoms with Crippen molar-refractivity contribution in [2.75, 3.05) is 7.11 Å². The maximum absolute atomic E-state index is 11.5. The van der Waals surface area contributed by atoms with E-state index in [4.69, 9.17) is 4.74 Å². The van der Waals surface area contributed by atoms with Crippen LogP contribution in [0.2, 0.25) is 0 Å². The zero-order chi connectivity index (χ0) is 13.5. The number of nitrogens with one attached hydrogen (secondary N) is 1. The molecule has 0 aromatic carbocycles. The van der Waals surface area contributed by atoms with Gasteiger partial charge in [0.15, 0.2) is 0 Å². The number of carbonyl (C=O) groups excluding carboxylic acids is 2. The largest absolute Gasteiger partial charge is 0.464 e. The van der Waals surface area contributed by atoms with E-state index in [1.165, 1.54) is 7.11 Å². The molecular weight excluding hydrogens is 222 g/mol. The lowest BCUT2D eigenvalue weighted by molar-refractivity contribution is -0.136. The molecule has 5 heteroatoms. The van der Waals surface area contributed by atoms with E-state index in [1.54, 1.807) is 26.8 Å². The van der Waals surface area contributed by atoms with Gasteiger partial charge >= 0.3 is 12.1 Å². The van der Waals surface area contributed by atoms with Gasteiger partial charge in [0.25, 0.3) is 0 Å². The number of carbonyl (C=O) groups is 2. The predicted octanol–water partition coefficient (Wildman–Crippen LogP) is 2.37. The summed E-state index contributed by atoms with van der Waals surface area (Å²) in [5, 5.41) is 2.38. The van der Waals surface area contributed by atoms with E-state index in [1.807, 2.05) is 6.92 Å². The summed E-state index contributed by atoms with van der Waals surface area (Å²) in [5.41, 5.74) is -0.487. The highest BCUT2D eigenvalue weighted by molar-refractivity contribution is 5.92. The van der Waals surface area contributed by atoms with E-state index in [0.717, 1.165) is 6.42 Å². The summed E-state index contributed by atoms with van der Waals surface area (Å²) in [5.74, 6) is -0.579. The lowest BCUT2D eigenvalue weighted by Crippen LogP contribution is -2.34. The maximum Gasteiger partial charge on any atom is 0.412 e. The van der Waals surface area contributed by atoms with Gasteiger partial charge in [-0.15, -0.1) is 0 Å². The molecule has 0 aliphatic rings. The molecule has 0 rings (SSSR count). The van der Waals surface area contributed by atoms with Gasteiger partial charge < -0.3 is 9.47 Å². The van der Waals surface area contributed by atoms with Crippen LogP contribution in [0.4, 0.5) is 4.79 Å². The second-order valence-electron chi connectivity index (χ2n) is 4.52. The van der Waals surface area contributed by atoms with E-state index < -0.39 is 17.7 Å². The Morgan fingerprint density at radius 1 is 1.29 bits per heavy atom. The predicted molar refractivity (Wildman–Crippen MR) is 64.4 cm³/mol. The van der Waals surface area contributed by atoms with Crippen LogP contribution >= 0.6 is 0 Å². The van der Waals surface area contributed by atoms with Gasteiger partial charge in [-0.2, -0.15) is 0 Å². The first kappa shape index (κ1) is 15.5. The Hall–Kier alpha value is -1.52. The lowest BCUT2D eigenvalue weighted by Gasteiger charge is -2.20. The standard InChI is InChI=1S/C12H21NO4/c1-6-7-8-9(10(14)16-5)13-11(15)17-12(2,3)4/h8H,6-7H2,1-5H3,(H,13,15)/b9-8+. The van der Waals surface area contributed by atoms with Crippen LogP contribution in [0.5, 0.6) is 0 Å². The van der Waals surface area contributed by atoms with Crippen LogP contribution in [-0.2, 0) is 14.3 Å². The third-order valence-electron chi connectivity index (χ3n) is 1.68. The number of esters is 1. The first-order chi connectivity index (χ1) is 7.80. The second kappa shape index (κ2) is 6.93. The number of rotatable bonds is 4. The number of hydrogen-bond acceptors (Lipinski definition) is 4. The van der Waals surface area contributed by atoms with E-state index in [-0.39, 0.29) is 5.70 Å². The van der Waals surface area contributed by atoms with Crippen molar-refractivity contribution in [1.82, 2.24) is 5.32 Å². The molecule has 5 nitrogen and oxygen atoms in total. The maximum atomic E-state index is 11.5. The molecule has 0 aromatic rings. The van der Waals surface area contributed by atoms with Crippen molar-refractivity contribution < 1.29 is 19.1 Å². The van der Waals surface area contributed by atoms with Gasteiger partial charge in [-0.25, -0.2) is 9.59 Å². The monoisotopic (exact) mass is 243 g/mol. The van der Waals surface area contributed by atoms with Crippen molar-refractivity contribution in [1.29, 1.82) is 0 Å². The summed E-state index contributed by atoms with van der Waals surface area (Å²) in [7, 11) is 1.26. The molecule has 0 spiro atoms. The van der Waals surface area contributed by atoms with Crippen molar-refractivity contribution in [2.45, 2.75) is 46.1 Å². The molecule has 0 fully saturated rings. The fraction of sp³-hybridized carbons (Fsp3) is 0.667. The van der Waals surface area contributed by atoms with Crippen LogP contribution in [0.3, 0.4) is 0 Å². The Bertz CT molecular complexity index is 302. The molecule has 98 valence electrons. The zero-order valence-electron chi connectivity index (χ0n) is 11.1. The van der Waals surface area contributed by atoms with Crippen LogP contribution in [0.15, 0.2) is 11.8 Å². The molecule has 0 heterocycles. The summed E-state index contributed by atoms with van der Waals surface area (Å²) in [6, 6.07) is 0. The molecule has 17 heavy (non-hydrogen) atoms. The van der Waals surface area contributed by atoms with Crippen molar-refractivity contribution >= 4 is 12.1 Å². The Kier molecular flexibility index (Phi) is 6.31. The van der Waals surface area contributed by atoms with Crippen LogP contribution in [0.25, 0.3) is 0 Å². The molecule has 0 aromatic heterocycles. The normalized spacial score (nSPS) is 11.9. The van der Waals surface area contributed by atoms with E-state index in [9.17, 15) is 9.59 Å². The quantitative estimate of drug-likeness (QED) is 0.608. The first-order valence-corrected chi connectivity index (χ1v) is 5.58. The molecule has 0 bridgehead atoms. The van der Waals surface area contributed by atoms with Gasteiger partial charge in [-0.3, -0.25) is 5.32 Å². The highest BCUT2D eigenvalue weighted by Crippen LogP contribution is 2.08. The molecule has 1 N–H and O–H groups in total. The highest BCUT2D eigenvalue weighted by Gasteiger charge is 2.19. The Labute approximate surface area is 102 Å². The first-order valence-electron chi connectivity index (χ1n) is 5.58. The molecule has 0 aliphatic heterocycles. The smallest absolute Gasteiger partial charge is 0.412 e. The van der Waals surface area contributed by atoms with Gasteiger partial charge in [0.1, 0.15) is 11.3 Å². The minimum Gasteiger partial charge on any atom is -0.464 e. The van der Waals surface area contributed by atoms with Crippen molar-refractivity contribution in [3.63, 3.8) is 0 Å². The van der Waals surface area contributed by atoms with Gasteiger partial charge in [0.2, 0.25) is 0 Å². The zero-order valence-corrected chi connectivity index (χ0v) is 11.1. The van der Waals surface area contributed by atoms with Crippen molar-refractivity contribution in [3.05, 3.63) is 11.8 Å². The highest BCUT2D eigenvalue weighted by atomic mass is 16.6. The molecular formula is C12H21NO4. The number of methoxy groups -OCH3 is 1. The number of hydrogen-bond donors (Lipinski definition) is 1. The summed E-state index contributed by atoms with van der Waals surface area (Å²) in [4.78, 5) is 22.8. The van der Waals surface area contributed by atoms with Crippen LogP contribution in [0.1, 0.15) is 40.5 Å². The third kappa shape index (κ3) is 7.38. The van der Waals surface area contributed by atoms with Crippen LogP contribution < -0.4 is 5.32 Å². The van der Waals surface area contributed by atoms with Gasteiger partial charge in [-0.1, -0.05) is 19.4 Å². The fourth-order valence-electron chi connectivity index (χ4n) is 0.998. The Morgan fingerprint density at radius 3 is 2.29 bits per heavy atom. The third-order valence-corrected chi connectivity index (χ3v) is 1.68. The number of unbranched alkanes of at least 4 members (excludes halogenated alkanes) is 1. The summed E-state index contributed by atoms with van der Waals surface area (Å²) >= 11 is 0. The number of allylic oxidation sites excluding steroid dienone is 1. The summed E-state index contributed by atoms with van der Waals surface area (Å²) in [6.45, 7) is 7.22. The van der Waals surface area contributed by atoms with E-state index in [2.05, 4.69) is 10.1 Å². The van der Waals surface area contributed by atoms with Crippen molar-refractivity contribution in [3.8, 4) is 0 Å². The average Bonchev–Trinajstić information content (AvgIpc) is 2.20. The number of ether oxygens (including phenoxy) is 2. The van der Waals surface area contributed by atoms with Crippen LogP contribution in [0, 0.1) is 0 Å².